The molecule has 0 aliphatic carbocycles. The monoisotopic (exact) mass is 455 g/mol. The molecule has 0 saturated carbocycles. The van der Waals surface area contributed by atoms with Gasteiger partial charge in [0.1, 0.15) is 9.71 Å². The van der Waals surface area contributed by atoms with E-state index in [9.17, 15) is 26.7 Å². The topological polar surface area (TPSA) is 68.0 Å². The Labute approximate surface area is 173 Å². The Morgan fingerprint density at radius 1 is 1.13 bits per heavy atom. The molecule has 0 radical (unpaired) electrons. The third-order valence-electron chi connectivity index (χ3n) is 4.18. The standard InChI is InChI=1S/C19H10F5N3OS2/c20-9-3-1-4-10(14(9)21)26-17(28)16-15(25)13-8(19(22,23)24)7-11(27-18(13)30-16)12-5-2-6-29-12/h1-7H,25H2,(H,26,28). The van der Waals surface area contributed by atoms with Gasteiger partial charge < -0.3 is 11.1 Å². The first-order chi connectivity index (χ1) is 14.2. The fourth-order valence-electron chi connectivity index (χ4n) is 2.84. The number of nitrogen functional groups attached to an aromatic ring is 1. The number of thiophene rings is 2. The minimum atomic E-state index is -4.75. The van der Waals surface area contributed by atoms with E-state index in [1.165, 1.54) is 17.4 Å². The number of amides is 1. The molecule has 11 heteroatoms. The molecule has 3 aromatic heterocycles. The second-order valence-electron chi connectivity index (χ2n) is 6.11. The number of hydrogen-bond acceptors (Lipinski definition) is 5. The molecule has 4 nitrogen and oxygen atoms in total. The fraction of sp³-hybridized carbons (Fsp3) is 0.0526. The van der Waals surface area contributed by atoms with Crippen molar-refractivity contribution in [2.24, 2.45) is 0 Å². The summed E-state index contributed by atoms with van der Waals surface area (Å²) in [5, 5.41) is 3.43. The lowest BCUT2D eigenvalue weighted by Gasteiger charge is -2.10. The normalized spacial score (nSPS) is 11.8. The van der Waals surface area contributed by atoms with Crippen LogP contribution in [0.4, 0.5) is 33.3 Å². The van der Waals surface area contributed by atoms with Crippen LogP contribution in [0.1, 0.15) is 15.2 Å². The number of pyridine rings is 1. The van der Waals surface area contributed by atoms with E-state index in [0.717, 1.165) is 18.2 Å². The Kier molecular flexibility index (Phi) is 4.94. The lowest BCUT2D eigenvalue weighted by Crippen LogP contribution is -2.14. The van der Waals surface area contributed by atoms with Gasteiger partial charge in [-0.15, -0.1) is 22.7 Å². The van der Waals surface area contributed by atoms with Crippen LogP contribution in [-0.4, -0.2) is 10.9 Å². The summed E-state index contributed by atoms with van der Waals surface area (Å²) in [6.45, 7) is 0. The van der Waals surface area contributed by atoms with Crippen molar-refractivity contribution in [2.75, 3.05) is 11.1 Å². The number of fused-ring (bicyclic) bond motifs is 1. The van der Waals surface area contributed by atoms with Crippen molar-refractivity contribution in [3.63, 3.8) is 0 Å². The van der Waals surface area contributed by atoms with E-state index in [1.54, 1.807) is 17.5 Å². The highest BCUT2D eigenvalue weighted by molar-refractivity contribution is 7.21. The van der Waals surface area contributed by atoms with E-state index in [1.807, 2.05) is 0 Å². The molecule has 0 spiro atoms. The van der Waals surface area contributed by atoms with Gasteiger partial charge in [-0.2, -0.15) is 13.2 Å². The molecule has 3 heterocycles. The van der Waals surface area contributed by atoms with Gasteiger partial charge >= 0.3 is 6.18 Å². The Hall–Kier alpha value is -3.05. The number of halogens is 5. The van der Waals surface area contributed by atoms with E-state index in [4.69, 9.17) is 5.73 Å². The summed E-state index contributed by atoms with van der Waals surface area (Å²) in [7, 11) is 0. The number of rotatable bonds is 3. The third kappa shape index (κ3) is 3.50. The minimum Gasteiger partial charge on any atom is -0.397 e. The molecule has 0 aliphatic heterocycles. The largest absolute Gasteiger partial charge is 0.417 e. The van der Waals surface area contributed by atoms with Crippen LogP contribution in [-0.2, 0) is 6.18 Å². The zero-order valence-electron chi connectivity index (χ0n) is 14.7. The highest BCUT2D eigenvalue weighted by atomic mass is 32.1. The van der Waals surface area contributed by atoms with Gasteiger partial charge in [-0.3, -0.25) is 4.79 Å². The van der Waals surface area contributed by atoms with Gasteiger partial charge in [0.15, 0.2) is 11.6 Å². The van der Waals surface area contributed by atoms with Crippen LogP contribution < -0.4 is 11.1 Å². The van der Waals surface area contributed by atoms with Crippen LogP contribution in [0.25, 0.3) is 20.8 Å². The van der Waals surface area contributed by atoms with Gasteiger partial charge in [0.2, 0.25) is 0 Å². The molecule has 3 N–H and O–H groups in total. The number of hydrogen-bond donors (Lipinski definition) is 2. The molecule has 0 aliphatic rings. The van der Waals surface area contributed by atoms with Crippen molar-refractivity contribution in [2.45, 2.75) is 6.18 Å². The first-order valence-electron chi connectivity index (χ1n) is 8.26. The Morgan fingerprint density at radius 3 is 2.57 bits per heavy atom. The van der Waals surface area contributed by atoms with Crippen LogP contribution in [0.3, 0.4) is 0 Å². The van der Waals surface area contributed by atoms with Crippen molar-refractivity contribution < 1.29 is 26.7 Å². The number of carbonyl (C=O) groups excluding carboxylic acids is 1. The number of benzene rings is 1. The molecule has 0 saturated heterocycles. The van der Waals surface area contributed by atoms with Gasteiger partial charge in [0, 0.05) is 5.39 Å². The average Bonchev–Trinajstić information content (AvgIpc) is 3.32. The summed E-state index contributed by atoms with van der Waals surface area (Å²) in [4.78, 5) is 16.9. The van der Waals surface area contributed by atoms with Gasteiger partial charge in [0.05, 0.1) is 27.5 Å². The van der Waals surface area contributed by atoms with Gasteiger partial charge in [-0.05, 0) is 29.6 Å². The first-order valence-corrected chi connectivity index (χ1v) is 9.96. The molecule has 1 aromatic carbocycles. The van der Waals surface area contributed by atoms with Crippen molar-refractivity contribution in [3.05, 3.63) is 63.9 Å². The molecule has 154 valence electrons. The molecule has 0 unspecified atom stereocenters. The minimum absolute atomic E-state index is 0.0874. The average molecular weight is 455 g/mol. The number of nitrogens with one attached hydrogen (secondary N) is 1. The lowest BCUT2D eigenvalue weighted by atomic mass is 10.1. The number of nitrogens with zero attached hydrogens (tertiary/aromatic N) is 1. The van der Waals surface area contributed by atoms with Crippen LogP contribution in [0.5, 0.6) is 0 Å². The molecule has 0 atom stereocenters. The molecule has 0 fully saturated rings. The first kappa shape index (κ1) is 20.2. The van der Waals surface area contributed by atoms with Crippen molar-refractivity contribution in [3.8, 4) is 10.6 Å². The second kappa shape index (κ2) is 7.33. The van der Waals surface area contributed by atoms with Gasteiger partial charge in [-0.1, -0.05) is 12.1 Å². The maximum Gasteiger partial charge on any atom is 0.417 e. The van der Waals surface area contributed by atoms with E-state index in [0.29, 0.717) is 16.2 Å². The summed E-state index contributed by atoms with van der Waals surface area (Å²) in [6, 6.07) is 7.34. The third-order valence-corrected chi connectivity index (χ3v) is 6.17. The number of alkyl halides is 3. The highest BCUT2D eigenvalue weighted by Crippen LogP contribution is 2.44. The molecule has 30 heavy (non-hydrogen) atoms. The van der Waals surface area contributed by atoms with Crippen molar-refractivity contribution in [1.82, 2.24) is 4.98 Å². The highest BCUT2D eigenvalue weighted by Gasteiger charge is 2.36. The summed E-state index contributed by atoms with van der Waals surface area (Å²) >= 11 is 1.86. The van der Waals surface area contributed by atoms with E-state index >= 15 is 0 Å². The Bertz CT molecular complexity index is 1270. The molecule has 4 aromatic rings. The SMILES string of the molecule is Nc1c(C(=O)Nc2cccc(F)c2F)sc2nc(-c3cccs3)cc(C(F)(F)F)c12. The quantitative estimate of drug-likeness (QED) is 0.364. The summed E-state index contributed by atoms with van der Waals surface area (Å²) in [5.41, 5.74) is 4.05. The van der Waals surface area contributed by atoms with E-state index < -0.39 is 46.0 Å². The maximum atomic E-state index is 13.8. The molecule has 1 amide bonds. The second-order valence-corrected chi connectivity index (χ2v) is 8.06. The molecular weight excluding hydrogens is 445 g/mol. The van der Waals surface area contributed by atoms with E-state index in [2.05, 4.69) is 10.3 Å². The molecular formula is C19H10F5N3OS2. The number of nitrogens with two attached hydrogens (primary N) is 1. The zero-order valence-corrected chi connectivity index (χ0v) is 16.3. The predicted octanol–water partition coefficient (Wildman–Crippen LogP) is 6.16. The van der Waals surface area contributed by atoms with Crippen molar-refractivity contribution in [1.29, 1.82) is 0 Å². The van der Waals surface area contributed by atoms with Crippen LogP contribution in [0.15, 0.2) is 41.8 Å². The number of aromatic nitrogens is 1. The maximum absolute atomic E-state index is 13.8. The number of carbonyl (C=O) groups is 1. The fourth-order valence-corrected chi connectivity index (χ4v) is 4.54. The molecule has 0 bridgehead atoms. The van der Waals surface area contributed by atoms with Crippen LogP contribution in [0, 0.1) is 11.6 Å². The van der Waals surface area contributed by atoms with Gasteiger partial charge in [0.25, 0.3) is 5.91 Å². The van der Waals surface area contributed by atoms with Crippen molar-refractivity contribution >= 4 is 50.2 Å². The smallest absolute Gasteiger partial charge is 0.397 e. The van der Waals surface area contributed by atoms with Gasteiger partial charge in [-0.25, -0.2) is 13.8 Å². The summed E-state index contributed by atoms with van der Waals surface area (Å²) < 4.78 is 68.3. The van der Waals surface area contributed by atoms with E-state index in [-0.39, 0.29) is 15.4 Å². The Morgan fingerprint density at radius 2 is 1.90 bits per heavy atom. The number of anilines is 2. The lowest BCUT2D eigenvalue weighted by molar-refractivity contribution is -0.136. The van der Waals surface area contributed by atoms with Crippen LogP contribution >= 0.6 is 22.7 Å². The van der Waals surface area contributed by atoms with Crippen LogP contribution in [0.2, 0.25) is 0 Å². The molecule has 4 rings (SSSR count). The summed E-state index contributed by atoms with van der Waals surface area (Å²) in [6.07, 6.45) is -4.75. The Balaban J connectivity index is 1.85. The zero-order chi connectivity index (χ0) is 21.6. The predicted molar refractivity (Wildman–Crippen MR) is 107 cm³/mol. The summed E-state index contributed by atoms with van der Waals surface area (Å²) in [5.74, 6) is -3.44.